The van der Waals surface area contributed by atoms with Gasteiger partial charge in [-0.3, -0.25) is 4.79 Å². The lowest BCUT2D eigenvalue weighted by atomic mass is 9.49. The molecule has 4 aliphatic rings. The molecule has 0 amide bonds. The number of aliphatic hydroxyl groups is 1. The van der Waals surface area contributed by atoms with Crippen LogP contribution in [0.3, 0.4) is 0 Å². The number of aromatic hydroxyl groups is 1. The smallest absolute Gasteiger partial charge is 0.174 e. The molecule has 2 aliphatic carbocycles. The Labute approximate surface area is 121 Å². The highest BCUT2D eigenvalue weighted by atomic mass is 16.5. The summed E-state index contributed by atoms with van der Waals surface area (Å²) in [5.41, 5.74) is 0.332. The van der Waals surface area contributed by atoms with Crippen molar-refractivity contribution < 1.29 is 19.7 Å². The highest BCUT2D eigenvalue weighted by molar-refractivity contribution is 5.90. The molecule has 5 nitrogen and oxygen atoms in total. The van der Waals surface area contributed by atoms with Gasteiger partial charge in [-0.25, -0.2) is 0 Å². The van der Waals surface area contributed by atoms with E-state index in [0.29, 0.717) is 31.4 Å². The summed E-state index contributed by atoms with van der Waals surface area (Å²) >= 11 is 0. The SMILES string of the molecule is O=C1CC[C@]2(O)[C@@H]3Cc4ccc(O)c5c4[C@]2(CCN3)[C@@H]1O5. The Hall–Kier alpha value is -1.59. The third-order valence-electron chi connectivity index (χ3n) is 6.08. The summed E-state index contributed by atoms with van der Waals surface area (Å²) in [5, 5.41) is 25.0. The normalized spacial score (nSPS) is 42.4. The summed E-state index contributed by atoms with van der Waals surface area (Å²) in [4.78, 5) is 12.4. The van der Waals surface area contributed by atoms with Crippen LogP contribution in [0.5, 0.6) is 11.5 Å². The number of Topliss-reactive ketones (excluding diaryl/α,β-unsaturated/α-hetero) is 1. The molecule has 0 radical (unpaired) electrons. The predicted octanol–water partition coefficient (Wildman–Crippen LogP) is 0.403. The first-order chi connectivity index (χ1) is 10.1. The average Bonchev–Trinajstić information content (AvgIpc) is 2.80. The first-order valence-corrected chi connectivity index (χ1v) is 7.58. The van der Waals surface area contributed by atoms with E-state index < -0.39 is 17.1 Å². The van der Waals surface area contributed by atoms with Gasteiger partial charge in [-0.05, 0) is 37.4 Å². The fourth-order valence-corrected chi connectivity index (χ4v) is 5.22. The van der Waals surface area contributed by atoms with E-state index in [-0.39, 0.29) is 17.6 Å². The van der Waals surface area contributed by atoms with Crippen LogP contribution >= 0.6 is 0 Å². The van der Waals surface area contributed by atoms with Crippen molar-refractivity contribution in [2.75, 3.05) is 6.54 Å². The maximum atomic E-state index is 12.4. The number of piperidine rings is 1. The Morgan fingerprint density at radius 1 is 1.33 bits per heavy atom. The van der Waals surface area contributed by atoms with Crippen molar-refractivity contribution in [2.45, 2.75) is 48.8 Å². The molecule has 2 heterocycles. The number of benzene rings is 1. The molecule has 2 fully saturated rings. The van der Waals surface area contributed by atoms with Crippen LogP contribution in [0, 0.1) is 0 Å². The van der Waals surface area contributed by atoms with Crippen molar-refractivity contribution in [1.82, 2.24) is 5.32 Å². The minimum atomic E-state index is -0.962. The molecule has 1 spiro atoms. The Bertz CT molecular complexity index is 687. The lowest BCUT2D eigenvalue weighted by molar-refractivity contribution is -0.166. The third kappa shape index (κ3) is 1.09. The maximum absolute atomic E-state index is 12.4. The Morgan fingerprint density at radius 3 is 3.05 bits per heavy atom. The lowest BCUT2D eigenvalue weighted by Crippen LogP contribution is -2.76. The van der Waals surface area contributed by atoms with Gasteiger partial charge < -0.3 is 20.3 Å². The van der Waals surface area contributed by atoms with Gasteiger partial charge in [-0.15, -0.1) is 0 Å². The number of hydrogen-bond acceptors (Lipinski definition) is 5. The second kappa shape index (κ2) is 3.42. The average molecular weight is 287 g/mol. The summed E-state index contributed by atoms with van der Waals surface area (Å²) in [5.74, 6) is 0.542. The quantitative estimate of drug-likeness (QED) is 0.644. The van der Waals surface area contributed by atoms with E-state index in [4.69, 9.17) is 4.74 Å². The van der Waals surface area contributed by atoms with Crippen LogP contribution in [-0.2, 0) is 16.6 Å². The minimum absolute atomic E-state index is 0.0452. The van der Waals surface area contributed by atoms with Gasteiger partial charge >= 0.3 is 0 Å². The van der Waals surface area contributed by atoms with Crippen LogP contribution in [0.15, 0.2) is 12.1 Å². The van der Waals surface area contributed by atoms with Gasteiger partial charge in [0.25, 0.3) is 0 Å². The number of carbonyl (C=O) groups is 1. The largest absolute Gasteiger partial charge is 0.504 e. The lowest BCUT2D eigenvalue weighted by Gasteiger charge is -2.59. The van der Waals surface area contributed by atoms with Crippen molar-refractivity contribution in [1.29, 1.82) is 0 Å². The number of nitrogens with one attached hydrogen (secondary N) is 1. The van der Waals surface area contributed by atoms with E-state index in [0.717, 1.165) is 17.7 Å². The van der Waals surface area contributed by atoms with Crippen LogP contribution in [0.1, 0.15) is 30.4 Å². The molecule has 2 aliphatic heterocycles. The van der Waals surface area contributed by atoms with Crippen molar-refractivity contribution in [3.05, 3.63) is 23.3 Å². The fourth-order valence-electron chi connectivity index (χ4n) is 5.22. The van der Waals surface area contributed by atoms with E-state index in [2.05, 4.69) is 5.32 Å². The standard InChI is InChI=1S/C16H17NO4/c18-9-2-1-8-7-11-16(20)4-3-10(19)14-15(16,5-6-17-11)12(8)13(9)21-14/h1-2,11,14,17-18,20H,3-7H2/t11-,14+,15+,16-/m0/s1. The third-order valence-corrected chi connectivity index (χ3v) is 6.08. The predicted molar refractivity (Wildman–Crippen MR) is 73.5 cm³/mol. The highest BCUT2D eigenvalue weighted by Crippen LogP contribution is 2.63. The molecule has 0 unspecified atom stereocenters. The van der Waals surface area contributed by atoms with Crippen LogP contribution < -0.4 is 10.1 Å². The molecular weight excluding hydrogens is 270 g/mol. The van der Waals surface area contributed by atoms with E-state index >= 15 is 0 Å². The van der Waals surface area contributed by atoms with Gasteiger partial charge in [0.2, 0.25) is 0 Å². The minimum Gasteiger partial charge on any atom is -0.504 e. The van der Waals surface area contributed by atoms with Gasteiger partial charge in [0.1, 0.15) is 0 Å². The summed E-state index contributed by atoms with van der Waals surface area (Å²) < 4.78 is 5.90. The topological polar surface area (TPSA) is 78.8 Å². The fraction of sp³-hybridized carbons (Fsp3) is 0.562. The number of rotatable bonds is 0. The number of phenols is 1. The number of phenolic OH excluding ortho intramolecular Hbond substituents is 1. The monoisotopic (exact) mass is 287 g/mol. The Balaban J connectivity index is 1.89. The summed E-state index contributed by atoms with van der Waals surface area (Å²) in [6, 6.07) is 3.49. The molecule has 4 atom stereocenters. The molecular formula is C16H17NO4. The number of carbonyl (C=O) groups excluding carboxylic acids is 1. The van der Waals surface area contributed by atoms with Gasteiger partial charge in [-0.2, -0.15) is 0 Å². The molecule has 5 heteroatoms. The number of ether oxygens (including phenoxy) is 1. The van der Waals surface area contributed by atoms with E-state index in [1.165, 1.54) is 0 Å². The second-order valence-corrected chi connectivity index (χ2v) is 6.77. The number of hydrogen-bond donors (Lipinski definition) is 3. The molecule has 1 saturated heterocycles. The maximum Gasteiger partial charge on any atom is 0.174 e. The molecule has 1 aromatic rings. The highest BCUT2D eigenvalue weighted by Gasteiger charge is 2.71. The van der Waals surface area contributed by atoms with Crippen molar-refractivity contribution in [3.8, 4) is 11.5 Å². The van der Waals surface area contributed by atoms with Crippen molar-refractivity contribution >= 4 is 5.78 Å². The molecule has 1 saturated carbocycles. The van der Waals surface area contributed by atoms with Gasteiger partial charge in [0.05, 0.1) is 11.0 Å². The van der Waals surface area contributed by atoms with Gasteiger partial charge in [-0.1, -0.05) is 6.07 Å². The molecule has 3 N–H and O–H groups in total. The van der Waals surface area contributed by atoms with E-state index in [1.807, 2.05) is 6.07 Å². The molecule has 110 valence electrons. The van der Waals surface area contributed by atoms with Gasteiger partial charge in [0.15, 0.2) is 23.4 Å². The van der Waals surface area contributed by atoms with Crippen LogP contribution in [0.25, 0.3) is 0 Å². The van der Waals surface area contributed by atoms with Crippen LogP contribution in [0.4, 0.5) is 0 Å². The number of ketones is 1. The molecule has 21 heavy (non-hydrogen) atoms. The Morgan fingerprint density at radius 2 is 2.19 bits per heavy atom. The summed E-state index contributed by atoms with van der Waals surface area (Å²) in [6.07, 6.45) is 1.54. The first-order valence-electron chi connectivity index (χ1n) is 7.58. The molecule has 0 aromatic heterocycles. The molecule has 5 rings (SSSR count). The molecule has 2 bridgehead atoms. The molecule has 1 aromatic carbocycles. The zero-order chi connectivity index (χ0) is 14.4. The first kappa shape index (κ1) is 12.0. The van der Waals surface area contributed by atoms with E-state index in [9.17, 15) is 15.0 Å². The van der Waals surface area contributed by atoms with Gasteiger partial charge in [0, 0.05) is 18.0 Å². The zero-order valence-corrected chi connectivity index (χ0v) is 11.6. The van der Waals surface area contributed by atoms with Crippen molar-refractivity contribution in [2.24, 2.45) is 0 Å². The van der Waals surface area contributed by atoms with Crippen molar-refractivity contribution in [3.63, 3.8) is 0 Å². The van der Waals surface area contributed by atoms with E-state index in [1.54, 1.807) is 6.07 Å². The summed E-state index contributed by atoms with van der Waals surface area (Å²) in [6.45, 7) is 0.759. The summed E-state index contributed by atoms with van der Waals surface area (Å²) in [7, 11) is 0. The van der Waals surface area contributed by atoms with Crippen LogP contribution in [-0.4, -0.2) is 40.3 Å². The Kier molecular flexibility index (Phi) is 1.95. The zero-order valence-electron chi connectivity index (χ0n) is 11.6. The van der Waals surface area contributed by atoms with Crippen LogP contribution in [0.2, 0.25) is 0 Å². The second-order valence-electron chi connectivity index (χ2n) is 6.77.